The topological polar surface area (TPSA) is 62.7 Å². The van der Waals surface area contributed by atoms with Crippen molar-refractivity contribution in [2.45, 2.75) is 6.42 Å². The van der Waals surface area contributed by atoms with Gasteiger partial charge in [-0.15, -0.1) is 0 Å². The first-order valence-electron chi connectivity index (χ1n) is 7.04. The highest BCUT2D eigenvalue weighted by Gasteiger charge is 2.22. The molecule has 1 fully saturated rings. The van der Waals surface area contributed by atoms with Gasteiger partial charge in [0.25, 0.3) is 0 Å². The van der Waals surface area contributed by atoms with Gasteiger partial charge in [0.15, 0.2) is 5.13 Å². The average molecular weight is 373 g/mol. The molecule has 1 aromatic carbocycles. The van der Waals surface area contributed by atoms with Crippen LogP contribution in [0.1, 0.15) is 20.9 Å². The molecule has 1 aromatic heterocycles. The summed E-state index contributed by atoms with van der Waals surface area (Å²) in [4.78, 5) is 18.4. The molecule has 2 heterocycles. The number of morpholine rings is 1. The highest BCUT2D eigenvalue weighted by atomic mass is 35.5. The lowest BCUT2D eigenvalue weighted by atomic mass is 10.1. The Morgan fingerprint density at radius 3 is 2.70 bits per heavy atom. The number of hydrogen-bond donors (Lipinski definition) is 1. The van der Waals surface area contributed by atoms with Crippen LogP contribution in [0.15, 0.2) is 18.2 Å². The molecule has 0 saturated carbocycles. The van der Waals surface area contributed by atoms with E-state index in [4.69, 9.17) is 27.9 Å². The highest BCUT2D eigenvalue weighted by Crippen LogP contribution is 2.30. The van der Waals surface area contributed by atoms with Crippen LogP contribution in [0.4, 0.5) is 5.13 Å². The number of aromatic carboxylic acids is 1. The number of ether oxygens (including phenoxy) is 1. The molecule has 0 amide bonds. The van der Waals surface area contributed by atoms with Gasteiger partial charge in [-0.3, -0.25) is 0 Å². The zero-order chi connectivity index (χ0) is 16.4. The zero-order valence-corrected chi connectivity index (χ0v) is 14.4. The van der Waals surface area contributed by atoms with Crippen molar-refractivity contribution >= 4 is 45.6 Å². The van der Waals surface area contributed by atoms with E-state index in [1.165, 1.54) is 11.3 Å². The molecular weight excluding hydrogens is 359 g/mol. The van der Waals surface area contributed by atoms with Crippen LogP contribution in [0.2, 0.25) is 10.0 Å². The van der Waals surface area contributed by atoms with Crippen LogP contribution in [-0.2, 0) is 11.2 Å². The molecule has 1 aliphatic rings. The van der Waals surface area contributed by atoms with Crippen molar-refractivity contribution < 1.29 is 14.6 Å². The van der Waals surface area contributed by atoms with Gasteiger partial charge in [0, 0.05) is 19.5 Å². The first kappa shape index (κ1) is 16.5. The molecule has 5 nitrogen and oxygen atoms in total. The van der Waals surface area contributed by atoms with Crippen molar-refractivity contribution in [3.63, 3.8) is 0 Å². The van der Waals surface area contributed by atoms with Gasteiger partial charge >= 0.3 is 5.97 Å². The number of nitrogens with zero attached hydrogens (tertiary/aromatic N) is 2. The van der Waals surface area contributed by atoms with E-state index in [-0.39, 0.29) is 4.88 Å². The lowest BCUT2D eigenvalue weighted by molar-refractivity contribution is 0.0701. The Hall–Kier alpha value is -1.34. The van der Waals surface area contributed by atoms with Crippen LogP contribution in [0.3, 0.4) is 0 Å². The standard InChI is InChI=1S/C15H14Cl2N2O3S/c16-10-2-1-9(7-11(10)17)8-12-13(14(20)21)23-15(18-12)19-3-5-22-6-4-19/h1-2,7H,3-6,8H2,(H,20,21). The van der Waals surface area contributed by atoms with Crippen molar-refractivity contribution in [2.75, 3.05) is 31.2 Å². The second kappa shape index (κ2) is 7.05. The highest BCUT2D eigenvalue weighted by molar-refractivity contribution is 7.17. The molecule has 1 N–H and O–H groups in total. The quantitative estimate of drug-likeness (QED) is 0.888. The molecule has 0 spiro atoms. The predicted octanol–water partition coefficient (Wildman–Crippen LogP) is 3.58. The van der Waals surface area contributed by atoms with E-state index in [0.717, 1.165) is 23.8 Å². The molecule has 0 unspecified atom stereocenters. The second-order valence-electron chi connectivity index (χ2n) is 5.10. The third-order valence-corrected chi connectivity index (χ3v) is 5.40. The fourth-order valence-electron chi connectivity index (χ4n) is 2.36. The maximum atomic E-state index is 11.5. The minimum atomic E-state index is -0.961. The monoisotopic (exact) mass is 372 g/mol. The van der Waals surface area contributed by atoms with Gasteiger partial charge < -0.3 is 14.7 Å². The zero-order valence-electron chi connectivity index (χ0n) is 12.1. The van der Waals surface area contributed by atoms with Crippen molar-refractivity contribution in [3.8, 4) is 0 Å². The average Bonchev–Trinajstić information content (AvgIpc) is 2.96. The Labute approximate surface area is 147 Å². The second-order valence-corrected chi connectivity index (χ2v) is 6.89. The van der Waals surface area contributed by atoms with E-state index >= 15 is 0 Å². The van der Waals surface area contributed by atoms with E-state index in [2.05, 4.69) is 9.88 Å². The van der Waals surface area contributed by atoms with Gasteiger partial charge in [0.05, 0.1) is 29.0 Å². The maximum absolute atomic E-state index is 11.5. The summed E-state index contributed by atoms with van der Waals surface area (Å²) in [5.74, 6) is -0.961. The summed E-state index contributed by atoms with van der Waals surface area (Å²) in [6, 6.07) is 5.27. The Morgan fingerprint density at radius 2 is 2.04 bits per heavy atom. The number of benzene rings is 1. The van der Waals surface area contributed by atoms with E-state index in [0.29, 0.717) is 35.4 Å². The van der Waals surface area contributed by atoms with Gasteiger partial charge in [0.2, 0.25) is 0 Å². The van der Waals surface area contributed by atoms with Crippen LogP contribution in [-0.4, -0.2) is 42.4 Å². The van der Waals surface area contributed by atoms with Gasteiger partial charge in [0.1, 0.15) is 4.88 Å². The number of rotatable bonds is 4. The van der Waals surface area contributed by atoms with Crippen LogP contribution < -0.4 is 4.90 Å². The molecule has 0 aliphatic carbocycles. The number of hydrogen-bond acceptors (Lipinski definition) is 5. The number of halogens is 2. The van der Waals surface area contributed by atoms with Crippen LogP contribution in [0.25, 0.3) is 0 Å². The molecule has 0 bridgehead atoms. The van der Waals surface area contributed by atoms with E-state index < -0.39 is 5.97 Å². The fourth-order valence-corrected chi connectivity index (χ4v) is 3.65. The minimum absolute atomic E-state index is 0.262. The summed E-state index contributed by atoms with van der Waals surface area (Å²) < 4.78 is 5.32. The molecule has 8 heteroatoms. The fraction of sp³-hybridized carbons (Fsp3) is 0.333. The van der Waals surface area contributed by atoms with E-state index in [1.54, 1.807) is 12.1 Å². The number of anilines is 1. The normalized spacial score (nSPS) is 15.0. The largest absolute Gasteiger partial charge is 0.477 e. The number of aromatic nitrogens is 1. The van der Waals surface area contributed by atoms with Gasteiger partial charge in [-0.25, -0.2) is 9.78 Å². The third kappa shape index (κ3) is 3.77. The smallest absolute Gasteiger partial charge is 0.347 e. The number of carbonyl (C=O) groups is 1. The van der Waals surface area contributed by atoms with Gasteiger partial charge in [-0.1, -0.05) is 40.6 Å². The maximum Gasteiger partial charge on any atom is 0.347 e. The molecule has 2 aromatic rings. The Balaban J connectivity index is 1.88. The number of carboxylic acids is 1. The van der Waals surface area contributed by atoms with E-state index in [1.807, 2.05) is 6.07 Å². The summed E-state index contributed by atoms with van der Waals surface area (Å²) in [5, 5.41) is 11.1. The molecular formula is C15H14Cl2N2O3S. The van der Waals surface area contributed by atoms with Gasteiger partial charge in [-0.05, 0) is 17.7 Å². The van der Waals surface area contributed by atoms with Crippen molar-refractivity contribution in [1.82, 2.24) is 4.98 Å². The summed E-state index contributed by atoms with van der Waals surface area (Å²) in [6.45, 7) is 2.70. The molecule has 0 atom stereocenters. The van der Waals surface area contributed by atoms with Crippen LogP contribution >= 0.6 is 34.5 Å². The molecule has 23 heavy (non-hydrogen) atoms. The first-order chi connectivity index (χ1) is 11.0. The molecule has 3 rings (SSSR count). The Kier molecular flexibility index (Phi) is 5.06. The lowest BCUT2D eigenvalue weighted by Crippen LogP contribution is -2.36. The Morgan fingerprint density at radius 1 is 1.30 bits per heavy atom. The molecule has 0 radical (unpaired) electrons. The van der Waals surface area contributed by atoms with E-state index in [9.17, 15) is 9.90 Å². The number of thiazole rings is 1. The predicted molar refractivity (Wildman–Crippen MR) is 91.4 cm³/mol. The lowest BCUT2D eigenvalue weighted by Gasteiger charge is -2.26. The van der Waals surface area contributed by atoms with Crippen molar-refractivity contribution in [2.24, 2.45) is 0 Å². The SMILES string of the molecule is O=C(O)c1sc(N2CCOCC2)nc1Cc1ccc(Cl)c(Cl)c1. The van der Waals surface area contributed by atoms with Gasteiger partial charge in [-0.2, -0.15) is 0 Å². The summed E-state index contributed by atoms with van der Waals surface area (Å²) in [5.41, 5.74) is 1.42. The van der Waals surface area contributed by atoms with Crippen molar-refractivity contribution in [3.05, 3.63) is 44.4 Å². The third-order valence-electron chi connectivity index (χ3n) is 3.52. The summed E-state index contributed by atoms with van der Waals surface area (Å²) >= 11 is 13.1. The molecule has 1 aliphatic heterocycles. The summed E-state index contributed by atoms with van der Waals surface area (Å²) in [6.07, 6.45) is 0.402. The molecule has 1 saturated heterocycles. The minimum Gasteiger partial charge on any atom is -0.477 e. The Bertz CT molecular complexity index is 730. The van der Waals surface area contributed by atoms with Crippen molar-refractivity contribution in [1.29, 1.82) is 0 Å². The van der Waals surface area contributed by atoms with Crippen LogP contribution in [0.5, 0.6) is 0 Å². The van der Waals surface area contributed by atoms with Crippen LogP contribution in [0, 0.1) is 0 Å². The first-order valence-corrected chi connectivity index (χ1v) is 8.61. The number of carboxylic acid groups (broad SMARTS) is 1. The summed E-state index contributed by atoms with van der Waals surface area (Å²) in [7, 11) is 0. The molecule has 122 valence electrons.